The second kappa shape index (κ2) is 4.26. The molecule has 0 N–H and O–H groups in total. The molecule has 0 fully saturated rings. The van der Waals surface area contributed by atoms with E-state index in [-0.39, 0.29) is 0 Å². The molecule has 1 atom stereocenters. The molecule has 0 amide bonds. The van der Waals surface area contributed by atoms with E-state index >= 15 is 0 Å². The van der Waals surface area contributed by atoms with Crippen LogP contribution in [0.15, 0.2) is 4.99 Å². The maximum Gasteiger partial charge on any atom is 0.325 e. The molecule has 0 aromatic rings. The van der Waals surface area contributed by atoms with Gasteiger partial charge in [0.15, 0.2) is 0 Å². The summed E-state index contributed by atoms with van der Waals surface area (Å²) in [6.45, 7) is 4.86. The highest BCUT2D eigenvalue weighted by Crippen LogP contribution is 2.09. The van der Waals surface area contributed by atoms with Crippen molar-refractivity contribution in [2.75, 3.05) is 20.2 Å². The van der Waals surface area contributed by atoms with Crippen molar-refractivity contribution in [3.05, 3.63) is 10.1 Å². The SMILES string of the molecule is CC(C)COC1=NC([N+](=O)[O-])CN1C. The van der Waals surface area contributed by atoms with Crippen LogP contribution in [0, 0.1) is 16.0 Å². The van der Waals surface area contributed by atoms with Gasteiger partial charge in [0.1, 0.15) is 6.54 Å². The number of nitrogens with zero attached hydrogens (tertiary/aromatic N) is 3. The minimum absolute atomic E-state index is 0.292. The Kier molecular flexibility index (Phi) is 3.27. The molecule has 0 saturated carbocycles. The summed E-state index contributed by atoms with van der Waals surface area (Å²) in [5.41, 5.74) is 0. The van der Waals surface area contributed by atoms with Crippen molar-refractivity contribution in [2.24, 2.45) is 10.9 Å². The van der Waals surface area contributed by atoms with E-state index in [2.05, 4.69) is 4.99 Å². The Morgan fingerprint density at radius 1 is 1.79 bits per heavy atom. The molecule has 0 aromatic heterocycles. The van der Waals surface area contributed by atoms with Crippen LogP contribution in [-0.2, 0) is 4.74 Å². The lowest BCUT2D eigenvalue weighted by atomic mass is 10.2. The highest BCUT2D eigenvalue weighted by molar-refractivity contribution is 5.75. The monoisotopic (exact) mass is 201 g/mol. The largest absolute Gasteiger partial charge is 0.465 e. The summed E-state index contributed by atoms with van der Waals surface area (Å²) in [7, 11) is 1.74. The van der Waals surface area contributed by atoms with Gasteiger partial charge in [0.2, 0.25) is 0 Å². The predicted molar refractivity (Wildman–Crippen MR) is 51.6 cm³/mol. The molecule has 1 aliphatic rings. The van der Waals surface area contributed by atoms with Crippen molar-refractivity contribution in [1.29, 1.82) is 0 Å². The molecule has 1 aliphatic heterocycles. The van der Waals surface area contributed by atoms with E-state index in [0.717, 1.165) is 0 Å². The number of nitro groups is 1. The van der Waals surface area contributed by atoms with Crippen molar-refractivity contribution < 1.29 is 9.66 Å². The summed E-state index contributed by atoms with van der Waals surface area (Å²) in [6.07, 6.45) is -0.873. The second-order valence-corrected chi connectivity index (χ2v) is 3.76. The fraction of sp³-hybridized carbons (Fsp3) is 0.875. The Balaban J connectivity index is 2.51. The molecule has 0 radical (unpaired) electrons. The van der Waals surface area contributed by atoms with Crippen molar-refractivity contribution in [2.45, 2.75) is 20.0 Å². The molecule has 1 unspecified atom stereocenters. The third-order valence-corrected chi connectivity index (χ3v) is 1.81. The molecule has 1 heterocycles. The molecule has 6 nitrogen and oxygen atoms in total. The number of hydrogen-bond donors (Lipinski definition) is 0. The van der Waals surface area contributed by atoms with Gasteiger partial charge in [-0.05, 0) is 5.92 Å². The first-order chi connectivity index (χ1) is 6.50. The first-order valence-corrected chi connectivity index (χ1v) is 4.56. The Bertz CT molecular complexity index is 252. The van der Waals surface area contributed by atoms with Gasteiger partial charge in [-0.2, -0.15) is 4.99 Å². The average molecular weight is 201 g/mol. The molecular weight excluding hydrogens is 186 g/mol. The summed E-state index contributed by atoms with van der Waals surface area (Å²) in [6, 6.07) is 0.375. The highest BCUT2D eigenvalue weighted by atomic mass is 16.6. The smallest absolute Gasteiger partial charge is 0.325 e. The van der Waals surface area contributed by atoms with Gasteiger partial charge in [0.25, 0.3) is 6.02 Å². The Morgan fingerprint density at radius 2 is 2.43 bits per heavy atom. The van der Waals surface area contributed by atoms with Gasteiger partial charge >= 0.3 is 6.17 Å². The molecule has 0 aliphatic carbocycles. The van der Waals surface area contributed by atoms with Gasteiger partial charge in [-0.1, -0.05) is 13.8 Å². The molecule has 1 rings (SSSR count). The summed E-state index contributed by atoms with van der Waals surface area (Å²) >= 11 is 0. The molecule has 0 aromatic carbocycles. The highest BCUT2D eigenvalue weighted by Gasteiger charge is 2.31. The van der Waals surface area contributed by atoms with Gasteiger partial charge < -0.3 is 9.64 Å². The summed E-state index contributed by atoms with van der Waals surface area (Å²) in [5.74, 6) is 0.390. The van der Waals surface area contributed by atoms with E-state index in [1.165, 1.54) is 0 Å². The first-order valence-electron chi connectivity index (χ1n) is 4.56. The van der Waals surface area contributed by atoms with E-state index in [1.54, 1.807) is 11.9 Å². The fourth-order valence-electron chi connectivity index (χ4n) is 1.09. The lowest BCUT2D eigenvalue weighted by Crippen LogP contribution is -2.29. The fourth-order valence-corrected chi connectivity index (χ4v) is 1.09. The first kappa shape index (κ1) is 10.7. The lowest BCUT2D eigenvalue weighted by Gasteiger charge is -2.14. The molecule has 0 saturated heterocycles. The van der Waals surface area contributed by atoms with Crippen molar-refractivity contribution in [3.63, 3.8) is 0 Å². The van der Waals surface area contributed by atoms with Crippen LogP contribution in [0.5, 0.6) is 0 Å². The third kappa shape index (κ3) is 2.58. The quantitative estimate of drug-likeness (QED) is 0.494. The third-order valence-electron chi connectivity index (χ3n) is 1.81. The van der Waals surface area contributed by atoms with E-state index < -0.39 is 11.1 Å². The second-order valence-electron chi connectivity index (χ2n) is 3.76. The van der Waals surface area contributed by atoms with Crippen LogP contribution in [0.1, 0.15) is 13.8 Å². The summed E-state index contributed by atoms with van der Waals surface area (Å²) in [4.78, 5) is 15.6. The normalized spacial score (nSPS) is 21.3. The van der Waals surface area contributed by atoms with E-state index in [1.807, 2.05) is 13.8 Å². The lowest BCUT2D eigenvalue weighted by molar-refractivity contribution is -0.517. The number of hydrogen-bond acceptors (Lipinski definition) is 5. The summed E-state index contributed by atoms with van der Waals surface area (Å²) < 4.78 is 5.33. The Labute approximate surface area is 82.7 Å². The van der Waals surface area contributed by atoms with E-state index in [4.69, 9.17) is 4.74 Å². The van der Waals surface area contributed by atoms with Gasteiger partial charge in [-0.15, -0.1) is 0 Å². The maximum absolute atomic E-state index is 10.4. The standard InChI is InChI=1S/C8H15N3O3/c1-6(2)5-14-8-9-7(11(12)13)4-10(8)3/h6-7H,4-5H2,1-3H3. The van der Waals surface area contributed by atoms with Crippen LogP contribution in [0.2, 0.25) is 0 Å². The number of ether oxygens (including phenoxy) is 1. The predicted octanol–water partition coefficient (Wildman–Crippen LogP) is 0.563. The number of likely N-dealkylation sites (N-methyl/N-ethyl adjacent to an activating group) is 1. The van der Waals surface area contributed by atoms with Crippen molar-refractivity contribution in [3.8, 4) is 0 Å². The van der Waals surface area contributed by atoms with Crippen LogP contribution >= 0.6 is 0 Å². The van der Waals surface area contributed by atoms with Crippen molar-refractivity contribution >= 4 is 6.02 Å². The molecular formula is C8H15N3O3. The molecule has 80 valence electrons. The van der Waals surface area contributed by atoms with Crippen LogP contribution < -0.4 is 0 Å². The zero-order valence-corrected chi connectivity index (χ0v) is 8.64. The Morgan fingerprint density at radius 3 is 2.86 bits per heavy atom. The van der Waals surface area contributed by atoms with Crippen LogP contribution in [0.25, 0.3) is 0 Å². The zero-order valence-electron chi connectivity index (χ0n) is 8.64. The van der Waals surface area contributed by atoms with Crippen LogP contribution in [0.4, 0.5) is 0 Å². The topological polar surface area (TPSA) is 68.0 Å². The molecule has 6 heteroatoms. The minimum Gasteiger partial charge on any atom is -0.465 e. The van der Waals surface area contributed by atoms with Crippen molar-refractivity contribution in [1.82, 2.24) is 4.90 Å². The molecule has 14 heavy (non-hydrogen) atoms. The summed E-state index contributed by atoms with van der Waals surface area (Å²) in [5, 5.41) is 10.4. The van der Waals surface area contributed by atoms with E-state index in [9.17, 15) is 10.1 Å². The number of aliphatic imine (C=N–C) groups is 1. The van der Waals surface area contributed by atoms with Crippen LogP contribution in [0.3, 0.4) is 0 Å². The minimum atomic E-state index is -0.873. The van der Waals surface area contributed by atoms with Gasteiger partial charge in [0.05, 0.1) is 6.61 Å². The zero-order chi connectivity index (χ0) is 10.7. The van der Waals surface area contributed by atoms with E-state index in [0.29, 0.717) is 25.1 Å². The maximum atomic E-state index is 10.4. The number of amidine groups is 1. The average Bonchev–Trinajstić information content (AvgIpc) is 2.43. The van der Waals surface area contributed by atoms with Gasteiger partial charge in [-0.25, -0.2) is 0 Å². The Hall–Kier alpha value is -1.33. The molecule has 0 bridgehead atoms. The molecule has 0 spiro atoms. The van der Waals surface area contributed by atoms with Gasteiger partial charge in [-0.3, -0.25) is 10.1 Å². The van der Waals surface area contributed by atoms with Crippen LogP contribution in [-0.4, -0.2) is 42.2 Å². The number of rotatable bonds is 3. The van der Waals surface area contributed by atoms with Gasteiger partial charge in [0, 0.05) is 12.0 Å².